The standard InChI is InChI=1S/C20H22N2O4/c21-14-8-7-13-17(22-18(23)15-9-3-1-4-10-15)20(25)26-19(24)16-11-5-2-6-12-16/h1-6,9-12,17H,7-8,13-14,21H2,(H,22,23). The van der Waals surface area contributed by atoms with Gasteiger partial charge >= 0.3 is 11.9 Å². The Kier molecular flexibility index (Phi) is 7.51. The van der Waals surface area contributed by atoms with Crippen molar-refractivity contribution in [2.45, 2.75) is 25.3 Å². The molecule has 2 aromatic rings. The van der Waals surface area contributed by atoms with E-state index in [9.17, 15) is 14.4 Å². The third-order valence-electron chi connectivity index (χ3n) is 3.78. The van der Waals surface area contributed by atoms with Gasteiger partial charge in [-0.2, -0.15) is 0 Å². The van der Waals surface area contributed by atoms with E-state index in [1.807, 2.05) is 0 Å². The van der Waals surface area contributed by atoms with E-state index in [2.05, 4.69) is 5.32 Å². The zero-order chi connectivity index (χ0) is 18.8. The van der Waals surface area contributed by atoms with E-state index in [0.717, 1.165) is 0 Å². The second-order valence-electron chi connectivity index (χ2n) is 5.75. The summed E-state index contributed by atoms with van der Waals surface area (Å²) < 4.78 is 4.94. The van der Waals surface area contributed by atoms with E-state index in [1.54, 1.807) is 60.7 Å². The number of benzene rings is 2. The van der Waals surface area contributed by atoms with Gasteiger partial charge in [0.05, 0.1) is 5.56 Å². The summed E-state index contributed by atoms with van der Waals surface area (Å²) in [4.78, 5) is 36.8. The molecule has 1 unspecified atom stereocenters. The van der Waals surface area contributed by atoms with Gasteiger partial charge in [-0.3, -0.25) is 4.79 Å². The molecule has 0 fully saturated rings. The molecular formula is C20H22N2O4. The lowest BCUT2D eigenvalue weighted by Crippen LogP contribution is -2.42. The summed E-state index contributed by atoms with van der Waals surface area (Å²) in [6.07, 6.45) is 1.68. The zero-order valence-electron chi connectivity index (χ0n) is 14.4. The summed E-state index contributed by atoms with van der Waals surface area (Å²) in [5.74, 6) is -1.92. The number of carbonyl (C=O) groups is 3. The zero-order valence-corrected chi connectivity index (χ0v) is 14.4. The van der Waals surface area contributed by atoms with Gasteiger partial charge in [-0.25, -0.2) is 9.59 Å². The molecule has 0 aliphatic rings. The number of carbonyl (C=O) groups excluding carboxylic acids is 3. The summed E-state index contributed by atoms with van der Waals surface area (Å²) in [7, 11) is 0. The number of unbranched alkanes of at least 4 members (excludes halogenated alkanes) is 1. The van der Waals surface area contributed by atoms with Gasteiger partial charge in [0.1, 0.15) is 6.04 Å². The number of rotatable bonds is 8. The number of hydrogen-bond donors (Lipinski definition) is 2. The molecule has 0 saturated carbocycles. The molecule has 6 heteroatoms. The van der Waals surface area contributed by atoms with Crippen molar-refractivity contribution < 1.29 is 19.1 Å². The third-order valence-corrected chi connectivity index (χ3v) is 3.78. The number of nitrogens with one attached hydrogen (secondary N) is 1. The molecular weight excluding hydrogens is 332 g/mol. The summed E-state index contributed by atoms with van der Waals surface area (Å²) in [5.41, 5.74) is 6.19. The first-order chi connectivity index (χ1) is 12.6. The van der Waals surface area contributed by atoms with Crippen molar-refractivity contribution in [3.05, 3.63) is 71.8 Å². The van der Waals surface area contributed by atoms with Gasteiger partial charge in [0.25, 0.3) is 5.91 Å². The summed E-state index contributed by atoms with van der Waals surface area (Å²) in [6.45, 7) is 0.483. The van der Waals surface area contributed by atoms with Crippen LogP contribution in [0.25, 0.3) is 0 Å². The molecule has 0 saturated heterocycles. The molecule has 0 bridgehead atoms. The van der Waals surface area contributed by atoms with Crippen molar-refractivity contribution in [3.8, 4) is 0 Å². The second-order valence-corrected chi connectivity index (χ2v) is 5.75. The molecule has 0 aromatic heterocycles. The molecule has 0 radical (unpaired) electrons. The number of amides is 1. The fourth-order valence-corrected chi connectivity index (χ4v) is 2.37. The molecule has 6 nitrogen and oxygen atoms in total. The number of ether oxygens (including phenoxy) is 1. The van der Waals surface area contributed by atoms with Gasteiger partial charge in [-0.15, -0.1) is 0 Å². The highest BCUT2D eigenvalue weighted by Crippen LogP contribution is 2.08. The molecule has 1 amide bonds. The van der Waals surface area contributed by atoms with Gasteiger partial charge in [-0.05, 0) is 50.1 Å². The Balaban J connectivity index is 2.04. The van der Waals surface area contributed by atoms with Gasteiger partial charge in [-0.1, -0.05) is 36.4 Å². The topological polar surface area (TPSA) is 98.5 Å². The average Bonchev–Trinajstić information content (AvgIpc) is 2.68. The first kappa shape index (κ1) is 19.3. The Hall–Kier alpha value is -2.99. The van der Waals surface area contributed by atoms with E-state index in [-0.39, 0.29) is 5.56 Å². The van der Waals surface area contributed by atoms with E-state index >= 15 is 0 Å². The average molecular weight is 354 g/mol. The maximum Gasteiger partial charge on any atom is 0.345 e. The van der Waals surface area contributed by atoms with Gasteiger partial charge in [0, 0.05) is 5.56 Å². The van der Waals surface area contributed by atoms with Crippen molar-refractivity contribution in [2.24, 2.45) is 5.73 Å². The largest absolute Gasteiger partial charge is 0.388 e. The minimum atomic E-state index is -0.915. The van der Waals surface area contributed by atoms with Gasteiger partial charge in [0.15, 0.2) is 0 Å². The lowest BCUT2D eigenvalue weighted by atomic mass is 10.1. The first-order valence-electron chi connectivity index (χ1n) is 8.49. The van der Waals surface area contributed by atoms with Crippen molar-refractivity contribution in [2.75, 3.05) is 6.54 Å². The molecule has 1 atom stereocenters. The quantitative estimate of drug-likeness (QED) is 0.430. The van der Waals surface area contributed by atoms with Crippen LogP contribution in [0.5, 0.6) is 0 Å². The third kappa shape index (κ3) is 5.82. The first-order valence-corrected chi connectivity index (χ1v) is 8.49. The molecule has 3 N–H and O–H groups in total. The summed E-state index contributed by atoms with van der Waals surface area (Å²) in [5, 5.41) is 2.64. The highest BCUT2D eigenvalue weighted by atomic mass is 16.6. The fraction of sp³-hybridized carbons (Fsp3) is 0.250. The molecule has 136 valence electrons. The molecule has 26 heavy (non-hydrogen) atoms. The van der Waals surface area contributed by atoms with Crippen LogP contribution in [0.2, 0.25) is 0 Å². The van der Waals surface area contributed by atoms with Crippen molar-refractivity contribution in [1.82, 2.24) is 5.32 Å². The van der Waals surface area contributed by atoms with E-state index in [1.165, 1.54) is 0 Å². The Bertz CT molecular complexity index is 732. The number of nitrogens with two attached hydrogens (primary N) is 1. The Morgan fingerprint density at radius 1 is 0.885 bits per heavy atom. The van der Waals surface area contributed by atoms with Crippen LogP contribution < -0.4 is 11.1 Å². The normalized spacial score (nSPS) is 11.4. The summed E-state index contributed by atoms with van der Waals surface area (Å²) >= 11 is 0. The molecule has 0 aliphatic heterocycles. The van der Waals surface area contributed by atoms with Crippen molar-refractivity contribution >= 4 is 17.8 Å². The lowest BCUT2D eigenvalue weighted by molar-refractivity contribution is -0.140. The molecule has 0 aliphatic carbocycles. The van der Waals surface area contributed by atoms with Gasteiger partial charge < -0.3 is 15.8 Å². The monoisotopic (exact) mass is 354 g/mol. The molecule has 2 rings (SSSR count). The van der Waals surface area contributed by atoms with Crippen LogP contribution in [0.3, 0.4) is 0 Å². The van der Waals surface area contributed by atoms with E-state index in [0.29, 0.717) is 31.4 Å². The maximum atomic E-state index is 12.4. The molecule has 0 heterocycles. The van der Waals surface area contributed by atoms with Crippen LogP contribution >= 0.6 is 0 Å². The highest BCUT2D eigenvalue weighted by Gasteiger charge is 2.25. The van der Waals surface area contributed by atoms with E-state index < -0.39 is 23.9 Å². The SMILES string of the molecule is NCCCCC(NC(=O)c1ccccc1)C(=O)OC(=O)c1ccccc1. The minimum Gasteiger partial charge on any atom is -0.388 e. The lowest BCUT2D eigenvalue weighted by Gasteiger charge is -2.17. The predicted molar refractivity (Wildman–Crippen MR) is 97.5 cm³/mol. The smallest absolute Gasteiger partial charge is 0.345 e. The van der Waals surface area contributed by atoms with Crippen molar-refractivity contribution in [1.29, 1.82) is 0 Å². The van der Waals surface area contributed by atoms with Crippen LogP contribution in [0, 0.1) is 0 Å². The molecule has 2 aromatic carbocycles. The van der Waals surface area contributed by atoms with Crippen LogP contribution in [0.1, 0.15) is 40.0 Å². The highest BCUT2D eigenvalue weighted by molar-refractivity contribution is 6.01. The van der Waals surface area contributed by atoms with Gasteiger partial charge in [0.2, 0.25) is 0 Å². The Morgan fingerprint density at radius 2 is 1.46 bits per heavy atom. The number of esters is 2. The molecule has 0 spiro atoms. The maximum absolute atomic E-state index is 12.4. The van der Waals surface area contributed by atoms with Crippen molar-refractivity contribution in [3.63, 3.8) is 0 Å². The van der Waals surface area contributed by atoms with Crippen LogP contribution in [0.15, 0.2) is 60.7 Å². The Morgan fingerprint density at radius 3 is 2.04 bits per heavy atom. The second kappa shape index (κ2) is 10.1. The number of hydrogen-bond acceptors (Lipinski definition) is 5. The predicted octanol–water partition coefficient (Wildman–Crippen LogP) is 2.30. The fourth-order valence-electron chi connectivity index (χ4n) is 2.37. The van der Waals surface area contributed by atoms with Crippen LogP contribution in [-0.2, 0) is 9.53 Å². The summed E-state index contributed by atoms with van der Waals surface area (Å²) in [6, 6.07) is 15.9. The van der Waals surface area contributed by atoms with E-state index in [4.69, 9.17) is 10.5 Å². The van der Waals surface area contributed by atoms with Crippen LogP contribution in [0.4, 0.5) is 0 Å². The Labute approximate surface area is 152 Å². The van der Waals surface area contributed by atoms with Crippen LogP contribution in [-0.4, -0.2) is 30.4 Å². The minimum absolute atomic E-state index is 0.274.